The van der Waals surface area contributed by atoms with Crippen molar-refractivity contribution in [2.45, 2.75) is 18.6 Å². The standard InChI is InChI=1S/C17H16BrN7S/c1-10-3-5-11(6-4-10)13-8-19-14(22-13)9-20-16-24-17(26-2)23-15-12(18)7-21-25(15)16/h3-8H,9H2,1-2H3,(H,19,22)(H,20,23,24). The number of anilines is 1. The van der Waals surface area contributed by atoms with Gasteiger partial charge >= 0.3 is 0 Å². The monoisotopic (exact) mass is 429 g/mol. The summed E-state index contributed by atoms with van der Waals surface area (Å²) in [5.41, 5.74) is 4.06. The van der Waals surface area contributed by atoms with Crippen LogP contribution in [0.4, 0.5) is 5.95 Å². The maximum Gasteiger partial charge on any atom is 0.228 e. The average molecular weight is 430 g/mol. The predicted octanol–water partition coefficient (Wildman–Crippen LogP) is 3.92. The third-order valence-electron chi connectivity index (χ3n) is 3.89. The molecule has 2 N–H and O–H groups in total. The lowest BCUT2D eigenvalue weighted by Gasteiger charge is -2.07. The summed E-state index contributed by atoms with van der Waals surface area (Å²) in [6.45, 7) is 2.58. The second kappa shape index (κ2) is 7.08. The fourth-order valence-electron chi connectivity index (χ4n) is 2.53. The first kappa shape index (κ1) is 17.0. The highest BCUT2D eigenvalue weighted by Gasteiger charge is 2.12. The van der Waals surface area contributed by atoms with Gasteiger partial charge in [0.05, 0.1) is 29.1 Å². The molecule has 4 rings (SSSR count). The summed E-state index contributed by atoms with van der Waals surface area (Å²) in [6, 6.07) is 8.34. The number of halogens is 1. The Bertz CT molecular complexity index is 1050. The molecule has 1 aromatic carbocycles. The SMILES string of the molecule is CSc1nc(NCc2ncc(-c3ccc(C)cc3)[nH]2)n2ncc(Br)c2n1. The number of hydrogen-bond acceptors (Lipinski definition) is 6. The van der Waals surface area contributed by atoms with E-state index in [0.717, 1.165) is 27.2 Å². The van der Waals surface area contributed by atoms with Gasteiger partial charge in [-0.3, -0.25) is 0 Å². The Morgan fingerprint density at radius 2 is 2.00 bits per heavy atom. The van der Waals surface area contributed by atoms with Crippen molar-refractivity contribution in [3.05, 3.63) is 52.5 Å². The van der Waals surface area contributed by atoms with Crippen LogP contribution in [0.25, 0.3) is 16.9 Å². The van der Waals surface area contributed by atoms with E-state index in [9.17, 15) is 0 Å². The molecular formula is C17H16BrN7S. The van der Waals surface area contributed by atoms with Crippen LogP contribution in [0.5, 0.6) is 0 Å². The number of fused-ring (bicyclic) bond motifs is 1. The van der Waals surface area contributed by atoms with Crippen LogP contribution in [0.2, 0.25) is 0 Å². The van der Waals surface area contributed by atoms with Gasteiger partial charge in [0.1, 0.15) is 5.82 Å². The normalized spacial score (nSPS) is 11.2. The van der Waals surface area contributed by atoms with Crippen LogP contribution in [0, 0.1) is 6.92 Å². The molecular weight excluding hydrogens is 414 g/mol. The molecule has 3 heterocycles. The minimum atomic E-state index is 0.503. The van der Waals surface area contributed by atoms with Gasteiger partial charge in [0.2, 0.25) is 5.95 Å². The highest BCUT2D eigenvalue weighted by atomic mass is 79.9. The van der Waals surface area contributed by atoms with Crippen LogP contribution < -0.4 is 5.32 Å². The van der Waals surface area contributed by atoms with Crippen LogP contribution >= 0.6 is 27.7 Å². The highest BCUT2D eigenvalue weighted by Crippen LogP contribution is 2.22. The molecule has 0 unspecified atom stereocenters. The maximum atomic E-state index is 4.50. The van der Waals surface area contributed by atoms with E-state index in [-0.39, 0.29) is 0 Å². The molecule has 3 aromatic heterocycles. The lowest BCUT2D eigenvalue weighted by atomic mass is 10.1. The minimum Gasteiger partial charge on any atom is -0.347 e. The third kappa shape index (κ3) is 3.32. The van der Waals surface area contributed by atoms with Gasteiger partial charge in [-0.25, -0.2) is 9.97 Å². The molecule has 0 atom stereocenters. The zero-order valence-corrected chi connectivity index (χ0v) is 16.6. The third-order valence-corrected chi connectivity index (χ3v) is 5.00. The van der Waals surface area contributed by atoms with E-state index in [0.29, 0.717) is 17.6 Å². The van der Waals surface area contributed by atoms with E-state index in [2.05, 4.69) is 77.5 Å². The molecule has 7 nitrogen and oxygen atoms in total. The number of H-pyrrole nitrogens is 1. The van der Waals surface area contributed by atoms with Crippen molar-refractivity contribution in [3.8, 4) is 11.3 Å². The molecule has 0 saturated carbocycles. The lowest BCUT2D eigenvalue weighted by Crippen LogP contribution is -2.10. The number of rotatable bonds is 5. The Morgan fingerprint density at radius 3 is 2.77 bits per heavy atom. The van der Waals surface area contributed by atoms with Gasteiger partial charge in [0, 0.05) is 0 Å². The number of nitrogens with zero attached hydrogens (tertiary/aromatic N) is 5. The molecule has 26 heavy (non-hydrogen) atoms. The van der Waals surface area contributed by atoms with Gasteiger partial charge < -0.3 is 10.3 Å². The van der Waals surface area contributed by atoms with Crippen molar-refractivity contribution in [2.24, 2.45) is 0 Å². The Labute approximate surface area is 162 Å². The number of aromatic amines is 1. The summed E-state index contributed by atoms with van der Waals surface area (Å²) in [7, 11) is 0. The molecule has 132 valence electrons. The van der Waals surface area contributed by atoms with Crippen molar-refractivity contribution in [1.82, 2.24) is 29.5 Å². The van der Waals surface area contributed by atoms with Crippen LogP contribution in [0.1, 0.15) is 11.4 Å². The molecule has 0 aliphatic carbocycles. The summed E-state index contributed by atoms with van der Waals surface area (Å²) in [5, 5.41) is 8.28. The molecule has 0 aliphatic heterocycles. The Morgan fingerprint density at radius 1 is 1.19 bits per heavy atom. The molecule has 0 spiro atoms. The fourth-order valence-corrected chi connectivity index (χ4v) is 3.24. The van der Waals surface area contributed by atoms with Crippen molar-refractivity contribution < 1.29 is 0 Å². The average Bonchev–Trinajstić information content (AvgIpc) is 3.27. The number of aryl methyl sites for hydroxylation is 1. The van der Waals surface area contributed by atoms with Crippen molar-refractivity contribution in [1.29, 1.82) is 0 Å². The second-order valence-corrected chi connectivity index (χ2v) is 7.35. The summed E-state index contributed by atoms with van der Waals surface area (Å²) in [5.74, 6) is 1.45. The van der Waals surface area contributed by atoms with Gasteiger partial charge in [-0.15, -0.1) is 0 Å². The van der Waals surface area contributed by atoms with Crippen LogP contribution in [-0.2, 0) is 6.54 Å². The van der Waals surface area contributed by atoms with Gasteiger partial charge in [-0.05, 0) is 34.7 Å². The second-order valence-electron chi connectivity index (χ2n) is 5.72. The quantitative estimate of drug-likeness (QED) is 0.467. The number of thioether (sulfide) groups is 1. The number of benzene rings is 1. The fraction of sp³-hybridized carbons (Fsp3) is 0.176. The highest BCUT2D eigenvalue weighted by molar-refractivity contribution is 9.10. The molecule has 0 amide bonds. The Balaban J connectivity index is 1.56. The first-order valence-corrected chi connectivity index (χ1v) is 9.96. The van der Waals surface area contributed by atoms with Gasteiger partial charge in [0.15, 0.2) is 10.8 Å². The van der Waals surface area contributed by atoms with Gasteiger partial charge in [-0.2, -0.15) is 14.6 Å². The number of nitrogens with one attached hydrogen (secondary N) is 2. The van der Waals surface area contributed by atoms with E-state index in [1.54, 1.807) is 10.7 Å². The molecule has 0 radical (unpaired) electrons. The zero-order chi connectivity index (χ0) is 18.1. The Hall–Kier alpha value is -2.39. The van der Waals surface area contributed by atoms with Crippen molar-refractivity contribution in [2.75, 3.05) is 11.6 Å². The Kier molecular flexibility index (Phi) is 4.64. The van der Waals surface area contributed by atoms with Gasteiger partial charge in [0.25, 0.3) is 0 Å². The smallest absolute Gasteiger partial charge is 0.228 e. The van der Waals surface area contributed by atoms with Crippen LogP contribution in [0.15, 0.2) is 46.3 Å². The largest absolute Gasteiger partial charge is 0.347 e. The molecule has 0 aliphatic rings. The molecule has 0 bridgehead atoms. The van der Waals surface area contributed by atoms with Gasteiger partial charge in [-0.1, -0.05) is 41.6 Å². The predicted molar refractivity (Wildman–Crippen MR) is 106 cm³/mol. The summed E-state index contributed by atoms with van der Waals surface area (Å²) >= 11 is 4.95. The van der Waals surface area contributed by atoms with E-state index < -0.39 is 0 Å². The maximum absolute atomic E-state index is 4.50. The van der Waals surface area contributed by atoms with E-state index in [4.69, 9.17) is 0 Å². The van der Waals surface area contributed by atoms with E-state index >= 15 is 0 Å². The first-order valence-electron chi connectivity index (χ1n) is 7.94. The lowest BCUT2D eigenvalue weighted by molar-refractivity contribution is 0.823. The van der Waals surface area contributed by atoms with Crippen molar-refractivity contribution in [3.63, 3.8) is 0 Å². The first-order chi connectivity index (χ1) is 12.6. The summed E-state index contributed by atoms with van der Waals surface area (Å²) in [4.78, 5) is 16.8. The van der Waals surface area contributed by atoms with Crippen molar-refractivity contribution >= 4 is 39.3 Å². The number of imidazole rings is 1. The number of aromatic nitrogens is 6. The summed E-state index contributed by atoms with van der Waals surface area (Å²) in [6.07, 6.45) is 5.50. The molecule has 9 heteroatoms. The zero-order valence-electron chi connectivity index (χ0n) is 14.2. The van der Waals surface area contributed by atoms with E-state index in [1.807, 2.05) is 12.5 Å². The van der Waals surface area contributed by atoms with Crippen LogP contribution in [0.3, 0.4) is 0 Å². The van der Waals surface area contributed by atoms with E-state index in [1.165, 1.54) is 17.3 Å². The summed E-state index contributed by atoms with van der Waals surface area (Å²) < 4.78 is 2.51. The molecule has 0 fully saturated rings. The molecule has 0 saturated heterocycles. The minimum absolute atomic E-state index is 0.503. The molecule has 4 aromatic rings. The topological polar surface area (TPSA) is 83.8 Å². The number of hydrogen-bond donors (Lipinski definition) is 2. The van der Waals surface area contributed by atoms with Crippen LogP contribution in [-0.4, -0.2) is 35.8 Å².